The minimum Gasteiger partial charge on any atom is -0.420 e. The molecule has 5 nitrogen and oxygen atoms in total. The first-order valence-corrected chi connectivity index (χ1v) is 4.46. The van der Waals surface area contributed by atoms with E-state index in [1.165, 1.54) is 24.5 Å². The van der Waals surface area contributed by atoms with Crippen LogP contribution in [0.2, 0.25) is 5.15 Å². The summed E-state index contributed by atoms with van der Waals surface area (Å²) in [5, 5.41) is 6.48. The van der Waals surface area contributed by atoms with Crippen molar-refractivity contribution in [3.05, 3.63) is 41.4 Å². The summed E-state index contributed by atoms with van der Waals surface area (Å²) in [4.78, 5) is 15.2. The predicted octanol–water partition coefficient (Wildman–Crippen LogP) is 1.68. The summed E-state index contributed by atoms with van der Waals surface area (Å²) < 4.78 is 4.98. The molecule has 0 spiro atoms. The van der Waals surface area contributed by atoms with Crippen LogP contribution >= 0.6 is 11.6 Å². The van der Waals surface area contributed by atoms with Crippen LogP contribution in [-0.4, -0.2) is 21.2 Å². The molecule has 0 amide bonds. The first-order chi connectivity index (χ1) is 7.25. The van der Waals surface area contributed by atoms with Gasteiger partial charge in [-0.3, -0.25) is 5.10 Å². The Morgan fingerprint density at radius 3 is 2.87 bits per heavy atom. The fraction of sp³-hybridized carbons (Fsp3) is 0. The van der Waals surface area contributed by atoms with Gasteiger partial charge in [0.15, 0.2) is 0 Å². The van der Waals surface area contributed by atoms with Crippen LogP contribution in [0.3, 0.4) is 0 Å². The summed E-state index contributed by atoms with van der Waals surface area (Å²) in [5.41, 5.74) is 0.282. The van der Waals surface area contributed by atoms with Crippen molar-refractivity contribution in [2.24, 2.45) is 0 Å². The Balaban J connectivity index is 2.09. The summed E-state index contributed by atoms with van der Waals surface area (Å²) in [7, 11) is 0. The van der Waals surface area contributed by atoms with Crippen molar-refractivity contribution in [1.82, 2.24) is 15.2 Å². The Morgan fingerprint density at radius 1 is 1.40 bits per heavy atom. The Morgan fingerprint density at radius 2 is 2.27 bits per heavy atom. The largest absolute Gasteiger partial charge is 0.420 e. The number of nitrogens with one attached hydrogen (secondary N) is 1. The monoisotopic (exact) mass is 223 g/mol. The second kappa shape index (κ2) is 4.10. The number of carbonyl (C=O) groups is 1. The van der Waals surface area contributed by atoms with Gasteiger partial charge in [-0.05, 0) is 18.2 Å². The molecule has 0 saturated heterocycles. The number of ether oxygens (including phenoxy) is 1. The molecular weight excluding hydrogens is 218 g/mol. The van der Waals surface area contributed by atoms with Crippen molar-refractivity contribution in [3.63, 3.8) is 0 Å². The van der Waals surface area contributed by atoms with Crippen LogP contribution < -0.4 is 4.74 Å². The topological polar surface area (TPSA) is 67.9 Å². The molecule has 1 N–H and O–H groups in total. The molecule has 0 aliphatic heterocycles. The molecule has 2 rings (SSSR count). The lowest BCUT2D eigenvalue weighted by Crippen LogP contribution is -2.09. The van der Waals surface area contributed by atoms with E-state index in [1.54, 1.807) is 6.07 Å². The predicted molar refractivity (Wildman–Crippen MR) is 52.8 cm³/mol. The SMILES string of the molecule is O=C(Oc1ccc(Cl)nc1)c1ccn[nH]1. The molecule has 0 aliphatic rings. The third kappa shape index (κ3) is 2.32. The number of halogens is 1. The van der Waals surface area contributed by atoms with Crippen LogP contribution in [0.1, 0.15) is 10.5 Å². The molecular formula is C9H6ClN3O2. The van der Waals surface area contributed by atoms with E-state index in [0.717, 1.165) is 0 Å². The highest BCUT2D eigenvalue weighted by atomic mass is 35.5. The van der Waals surface area contributed by atoms with Gasteiger partial charge in [-0.1, -0.05) is 11.6 Å². The van der Waals surface area contributed by atoms with Gasteiger partial charge in [0.05, 0.1) is 6.20 Å². The first kappa shape index (κ1) is 9.67. The second-order valence-electron chi connectivity index (χ2n) is 2.68. The van der Waals surface area contributed by atoms with Gasteiger partial charge in [0.1, 0.15) is 16.6 Å². The minimum atomic E-state index is -0.517. The molecule has 2 aromatic rings. The molecule has 0 bridgehead atoms. The molecule has 0 aliphatic carbocycles. The molecule has 0 saturated carbocycles. The number of hydrogen-bond acceptors (Lipinski definition) is 4. The van der Waals surface area contributed by atoms with E-state index in [0.29, 0.717) is 10.9 Å². The van der Waals surface area contributed by atoms with Crippen molar-refractivity contribution < 1.29 is 9.53 Å². The number of pyridine rings is 1. The van der Waals surface area contributed by atoms with Gasteiger partial charge in [0, 0.05) is 6.20 Å². The molecule has 0 fully saturated rings. The fourth-order valence-corrected chi connectivity index (χ4v) is 1.07. The van der Waals surface area contributed by atoms with Crippen molar-refractivity contribution in [2.45, 2.75) is 0 Å². The number of esters is 1. The van der Waals surface area contributed by atoms with E-state index in [9.17, 15) is 4.79 Å². The average Bonchev–Trinajstić information content (AvgIpc) is 2.74. The molecule has 2 heterocycles. The summed E-state index contributed by atoms with van der Waals surface area (Å²) in [6.07, 6.45) is 2.84. The number of carbonyl (C=O) groups excluding carboxylic acids is 1. The molecule has 6 heteroatoms. The van der Waals surface area contributed by atoms with E-state index >= 15 is 0 Å². The normalized spacial score (nSPS) is 9.93. The van der Waals surface area contributed by atoms with Gasteiger partial charge in [0.25, 0.3) is 0 Å². The molecule has 0 atom stereocenters. The highest BCUT2D eigenvalue weighted by Gasteiger charge is 2.09. The Hall–Kier alpha value is -1.88. The van der Waals surface area contributed by atoms with Crippen molar-refractivity contribution >= 4 is 17.6 Å². The van der Waals surface area contributed by atoms with Crippen molar-refractivity contribution in [1.29, 1.82) is 0 Å². The Bertz CT molecular complexity index is 453. The smallest absolute Gasteiger partial charge is 0.361 e. The van der Waals surface area contributed by atoms with Gasteiger partial charge < -0.3 is 4.74 Å². The van der Waals surface area contributed by atoms with Gasteiger partial charge in [-0.2, -0.15) is 5.10 Å². The van der Waals surface area contributed by atoms with Crippen LogP contribution in [0.4, 0.5) is 0 Å². The number of H-pyrrole nitrogens is 1. The average molecular weight is 224 g/mol. The van der Waals surface area contributed by atoms with Crippen molar-refractivity contribution in [3.8, 4) is 5.75 Å². The quantitative estimate of drug-likeness (QED) is 0.621. The van der Waals surface area contributed by atoms with Crippen LogP contribution in [-0.2, 0) is 0 Å². The second-order valence-corrected chi connectivity index (χ2v) is 3.06. The number of nitrogens with zero attached hydrogens (tertiary/aromatic N) is 2. The summed E-state index contributed by atoms with van der Waals surface area (Å²) in [5.74, 6) is -0.185. The fourth-order valence-electron chi connectivity index (χ4n) is 0.954. The highest BCUT2D eigenvalue weighted by Crippen LogP contribution is 2.13. The van der Waals surface area contributed by atoms with Gasteiger partial charge in [-0.15, -0.1) is 0 Å². The standard InChI is InChI=1S/C9H6ClN3O2/c10-8-2-1-6(5-11-8)15-9(14)7-3-4-12-13-7/h1-5H,(H,12,13). The maximum absolute atomic E-state index is 11.4. The molecule has 15 heavy (non-hydrogen) atoms. The number of hydrogen-bond donors (Lipinski definition) is 1. The van der Waals surface area contributed by atoms with E-state index in [1.807, 2.05) is 0 Å². The maximum Gasteiger partial charge on any atom is 0.361 e. The number of aromatic nitrogens is 3. The number of rotatable bonds is 2. The lowest BCUT2D eigenvalue weighted by atomic mass is 10.4. The van der Waals surface area contributed by atoms with Crippen LogP contribution in [0.25, 0.3) is 0 Å². The molecule has 76 valence electrons. The third-order valence-electron chi connectivity index (χ3n) is 1.63. The van der Waals surface area contributed by atoms with Gasteiger partial charge >= 0.3 is 5.97 Å². The lowest BCUT2D eigenvalue weighted by Gasteiger charge is -2.01. The van der Waals surface area contributed by atoms with Crippen LogP contribution in [0.15, 0.2) is 30.6 Å². The van der Waals surface area contributed by atoms with E-state index in [-0.39, 0.29) is 5.69 Å². The minimum absolute atomic E-state index is 0.282. The Labute approximate surface area is 90.0 Å². The summed E-state index contributed by atoms with van der Waals surface area (Å²) >= 11 is 5.58. The molecule has 0 unspecified atom stereocenters. The summed E-state index contributed by atoms with van der Waals surface area (Å²) in [6.45, 7) is 0. The lowest BCUT2D eigenvalue weighted by molar-refractivity contribution is 0.0728. The van der Waals surface area contributed by atoms with E-state index in [2.05, 4.69) is 15.2 Å². The molecule has 0 radical (unpaired) electrons. The highest BCUT2D eigenvalue weighted by molar-refractivity contribution is 6.29. The van der Waals surface area contributed by atoms with E-state index < -0.39 is 5.97 Å². The van der Waals surface area contributed by atoms with Crippen molar-refractivity contribution in [2.75, 3.05) is 0 Å². The first-order valence-electron chi connectivity index (χ1n) is 4.09. The van der Waals surface area contributed by atoms with E-state index in [4.69, 9.17) is 16.3 Å². The van der Waals surface area contributed by atoms with Crippen LogP contribution in [0, 0.1) is 0 Å². The van der Waals surface area contributed by atoms with Gasteiger partial charge in [0.2, 0.25) is 0 Å². The summed E-state index contributed by atoms with van der Waals surface area (Å²) in [6, 6.07) is 4.62. The zero-order valence-electron chi connectivity index (χ0n) is 7.48. The van der Waals surface area contributed by atoms with Crippen LogP contribution in [0.5, 0.6) is 5.75 Å². The molecule has 2 aromatic heterocycles. The Kier molecular flexibility index (Phi) is 2.64. The van der Waals surface area contributed by atoms with Gasteiger partial charge in [-0.25, -0.2) is 9.78 Å². The number of aromatic amines is 1. The molecule has 0 aromatic carbocycles. The third-order valence-corrected chi connectivity index (χ3v) is 1.86. The zero-order chi connectivity index (χ0) is 10.7. The maximum atomic E-state index is 11.4. The zero-order valence-corrected chi connectivity index (χ0v) is 8.23.